The molecular weight excluding hydrogens is 350 g/mol. The molecule has 7 nitrogen and oxygen atoms in total. The van der Waals surface area contributed by atoms with Gasteiger partial charge in [0.15, 0.2) is 5.82 Å². The van der Waals surface area contributed by atoms with Crippen LogP contribution in [0.15, 0.2) is 54.9 Å². The van der Waals surface area contributed by atoms with Crippen LogP contribution >= 0.6 is 0 Å². The first-order chi connectivity index (χ1) is 14.3. The predicted molar refractivity (Wildman–Crippen MR) is 110 cm³/mol. The van der Waals surface area contributed by atoms with Gasteiger partial charge in [-0.1, -0.05) is 37.7 Å². The van der Waals surface area contributed by atoms with Gasteiger partial charge in [-0.15, -0.1) is 5.10 Å². The fraction of sp³-hybridized carbons (Fsp3) is 0.429. The van der Waals surface area contributed by atoms with E-state index >= 15 is 0 Å². The first-order valence-electron chi connectivity index (χ1n) is 10.4. The normalized spacial score (nSPS) is 16.7. The quantitative estimate of drug-likeness (QED) is 0.654. The van der Waals surface area contributed by atoms with Crippen molar-refractivity contribution >= 4 is 0 Å². The van der Waals surface area contributed by atoms with Gasteiger partial charge < -0.3 is 4.90 Å². The molecule has 0 radical (unpaired) electrons. The lowest BCUT2D eigenvalue weighted by atomic mass is 10.0. The smallest absolute Gasteiger partial charge is 0.173 e. The minimum atomic E-state index is 0.0486. The Balaban J connectivity index is 0.00000117. The molecule has 1 aromatic carbocycles. The molecule has 1 fully saturated rings. The first kappa shape index (κ1) is 18.7. The molecule has 4 rings (SSSR count). The van der Waals surface area contributed by atoms with E-state index in [4.69, 9.17) is 1.37 Å². The fourth-order valence-electron chi connectivity index (χ4n) is 3.60. The molecule has 0 aliphatic carbocycles. The Bertz CT molecular complexity index is 833. The van der Waals surface area contributed by atoms with Crippen LogP contribution in [0, 0.1) is 0 Å². The monoisotopic (exact) mass is 380 g/mol. The van der Waals surface area contributed by atoms with Crippen molar-refractivity contribution in [3.8, 4) is 0 Å². The van der Waals surface area contributed by atoms with Gasteiger partial charge in [0, 0.05) is 46.5 Å². The number of hydrogen-bond donors (Lipinski definition) is 0. The zero-order valence-electron chi connectivity index (χ0n) is 17.6. The van der Waals surface area contributed by atoms with Crippen molar-refractivity contribution in [2.75, 3.05) is 33.2 Å². The van der Waals surface area contributed by atoms with Crippen LogP contribution in [0.4, 0.5) is 0 Å². The first-order valence-corrected chi connectivity index (χ1v) is 9.44. The van der Waals surface area contributed by atoms with Crippen molar-refractivity contribution in [3.05, 3.63) is 71.8 Å². The lowest BCUT2D eigenvalue weighted by molar-refractivity contribution is 0.121. The second-order valence-corrected chi connectivity index (χ2v) is 7.02. The standard InChI is InChI=1S/C20H25N7.CH4/c1-25-13-15-26(16-14-25)19(18-7-10-21-11-8-18)20-22-23-24-27(20)12-9-17-5-3-2-4-6-17;/h2-8,10-11,19H,9,12-16H2,1H3;1H4/i;1D. The zero-order valence-corrected chi connectivity index (χ0v) is 16.6. The molecular formula is C21H29N7. The Morgan fingerprint density at radius 3 is 2.46 bits per heavy atom. The maximum Gasteiger partial charge on any atom is 0.173 e. The molecule has 0 saturated carbocycles. The van der Waals surface area contributed by atoms with Gasteiger partial charge in [0.2, 0.25) is 0 Å². The Kier molecular flexibility index (Phi) is 6.36. The van der Waals surface area contributed by atoms with Crippen LogP contribution in [0.2, 0.25) is 0 Å². The summed E-state index contributed by atoms with van der Waals surface area (Å²) in [5.74, 6) is 0.904. The van der Waals surface area contributed by atoms with Gasteiger partial charge in [-0.3, -0.25) is 9.88 Å². The molecule has 0 amide bonds. The van der Waals surface area contributed by atoms with E-state index in [0.717, 1.165) is 45.0 Å². The fourth-order valence-corrected chi connectivity index (χ4v) is 3.60. The lowest BCUT2D eigenvalue weighted by Crippen LogP contribution is -2.46. The Hall–Kier alpha value is -2.64. The SMILES string of the molecule is CN1CCN(C(c2ccncc2)c2nnnn2CCc2ccccc2)CC1.[2H]C. The Morgan fingerprint density at radius 1 is 1.04 bits per heavy atom. The number of nitrogens with zero attached hydrogens (tertiary/aromatic N) is 7. The molecule has 7 heteroatoms. The Labute approximate surface area is 168 Å². The third-order valence-electron chi connectivity index (χ3n) is 5.18. The summed E-state index contributed by atoms with van der Waals surface area (Å²) in [4.78, 5) is 9.01. The summed E-state index contributed by atoms with van der Waals surface area (Å²) in [6.07, 6.45) is 4.59. The zero-order chi connectivity index (χ0) is 20.5. The van der Waals surface area contributed by atoms with Crippen molar-refractivity contribution in [1.29, 1.82) is 0 Å². The van der Waals surface area contributed by atoms with Crippen LogP contribution in [-0.2, 0) is 13.0 Å². The molecule has 1 unspecified atom stereocenters. The minimum Gasteiger partial charge on any atom is -0.304 e. The molecule has 1 atom stereocenters. The van der Waals surface area contributed by atoms with Crippen LogP contribution in [0.3, 0.4) is 0 Å². The average molecular weight is 381 g/mol. The van der Waals surface area contributed by atoms with Crippen molar-refractivity contribution in [2.24, 2.45) is 0 Å². The van der Waals surface area contributed by atoms with E-state index in [1.54, 1.807) is 0 Å². The molecule has 0 spiro atoms. The molecule has 0 N–H and O–H groups in total. The van der Waals surface area contributed by atoms with Crippen LogP contribution < -0.4 is 0 Å². The molecule has 148 valence electrons. The molecule has 3 heterocycles. The second-order valence-electron chi connectivity index (χ2n) is 7.02. The van der Waals surface area contributed by atoms with E-state index in [1.807, 2.05) is 23.1 Å². The minimum absolute atomic E-state index is 0.0486. The summed E-state index contributed by atoms with van der Waals surface area (Å²) in [5, 5.41) is 12.7. The van der Waals surface area contributed by atoms with Crippen LogP contribution in [0.1, 0.15) is 31.8 Å². The number of tetrazole rings is 1. The molecule has 2 aromatic heterocycles. The van der Waals surface area contributed by atoms with E-state index in [1.165, 1.54) is 18.5 Å². The Morgan fingerprint density at radius 2 is 1.75 bits per heavy atom. The van der Waals surface area contributed by atoms with Crippen LogP contribution in [-0.4, -0.2) is 68.2 Å². The van der Waals surface area contributed by atoms with E-state index in [2.05, 4.69) is 73.8 Å². The average Bonchev–Trinajstić information content (AvgIpc) is 3.25. The third kappa shape index (κ3) is 4.61. The molecule has 1 aliphatic rings. The molecule has 1 aliphatic heterocycles. The summed E-state index contributed by atoms with van der Waals surface area (Å²) in [5.41, 5.74) is 2.48. The van der Waals surface area contributed by atoms with Gasteiger partial charge in [-0.25, -0.2) is 4.68 Å². The molecule has 28 heavy (non-hydrogen) atoms. The van der Waals surface area contributed by atoms with E-state index in [9.17, 15) is 0 Å². The highest BCUT2D eigenvalue weighted by Gasteiger charge is 2.29. The number of benzene rings is 1. The van der Waals surface area contributed by atoms with Crippen LogP contribution in [0.25, 0.3) is 0 Å². The van der Waals surface area contributed by atoms with Crippen molar-refractivity contribution in [2.45, 2.75) is 26.4 Å². The predicted octanol–water partition coefficient (Wildman–Crippen LogP) is 2.28. The van der Waals surface area contributed by atoms with Crippen molar-refractivity contribution in [3.63, 3.8) is 0 Å². The van der Waals surface area contributed by atoms with Gasteiger partial charge in [-0.2, -0.15) is 0 Å². The van der Waals surface area contributed by atoms with Gasteiger partial charge in [0.05, 0.1) is 6.04 Å². The lowest BCUT2D eigenvalue weighted by Gasteiger charge is -2.37. The van der Waals surface area contributed by atoms with Crippen molar-refractivity contribution in [1.82, 2.24) is 35.0 Å². The summed E-state index contributed by atoms with van der Waals surface area (Å²) < 4.78 is 7.70. The number of aromatic nitrogens is 5. The highest BCUT2D eigenvalue weighted by Crippen LogP contribution is 2.27. The molecule has 3 aromatic rings. The number of hydrogen-bond acceptors (Lipinski definition) is 6. The largest absolute Gasteiger partial charge is 0.304 e. The number of pyridine rings is 1. The summed E-state index contributed by atoms with van der Waals surface area (Å²) in [6.45, 7) is 4.85. The maximum absolute atomic E-state index is 5.75. The third-order valence-corrected chi connectivity index (χ3v) is 5.18. The molecule has 0 bridgehead atoms. The van der Waals surface area contributed by atoms with Crippen molar-refractivity contribution < 1.29 is 1.37 Å². The maximum atomic E-state index is 5.75. The van der Waals surface area contributed by atoms with E-state index < -0.39 is 0 Å². The topological polar surface area (TPSA) is 63.0 Å². The van der Waals surface area contributed by atoms with Gasteiger partial charge >= 0.3 is 0 Å². The van der Waals surface area contributed by atoms with Gasteiger partial charge in [-0.05, 0) is 47.2 Å². The number of aryl methyl sites for hydroxylation is 2. The summed E-state index contributed by atoms with van der Waals surface area (Å²) in [7, 11) is 3.42. The summed E-state index contributed by atoms with van der Waals surface area (Å²) >= 11 is 0. The molecule has 1 saturated heterocycles. The van der Waals surface area contributed by atoms with Gasteiger partial charge in [0.25, 0.3) is 0 Å². The number of rotatable bonds is 6. The number of piperazine rings is 1. The van der Waals surface area contributed by atoms with Crippen LogP contribution in [0.5, 0.6) is 0 Å². The van der Waals surface area contributed by atoms with E-state index in [0.29, 0.717) is 0 Å². The van der Waals surface area contributed by atoms with E-state index in [-0.39, 0.29) is 6.04 Å². The highest BCUT2D eigenvalue weighted by molar-refractivity contribution is 5.23. The second kappa shape index (κ2) is 9.52. The number of likely N-dealkylation sites (N-methyl/N-ethyl adjacent to an activating group) is 1. The highest BCUT2D eigenvalue weighted by atomic mass is 15.6. The van der Waals surface area contributed by atoms with Gasteiger partial charge in [0.1, 0.15) is 0 Å². The summed E-state index contributed by atoms with van der Waals surface area (Å²) in [6, 6.07) is 14.7.